The summed E-state index contributed by atoms with van der Waals surface area (Å²) < 4.78 is 38.4. The van der Waals surface area contributed by atoms with Gasteiger partial charge in [-0.3, -0.25) is 13.9 Å². The largest absolute Gasteiger partial charge is 0.486 e. The van der Waals surface area contributed by atoms with Crippen molar-refractivity contribution in [3.8, 4) is 11.5 Å². The second-order valence-electron chi connectivity index (χ2n) is 9.20. The molecule has 0 aliphatic carbocycles. The van der Waals surface area contributed by atoms with Gasteiger partial charge < -0.3 is 19.7 Å². The van der Waals surface area contributed by atoms with Crippen LogP contribution in [0.25, 0.3) is 0 Å². The monoisotopic (exact) mass is 551 g/mol. The van der Waals surface area contributed by atoms with Crippen molar-refractivity contribution < 1.29 is 27.5 Å². The van der Waals surface area contributed by atoms with Crippen molar-refractivity contribution in [2.45, 2.75) is 40.3 Å². The van der Waals surface area contributed by atoms with E-state index in [-0.39, 0.29) is 29.8 Å². The summed E-state index contributed by atoms with van der Waals surface area (Å²) >= 11 is 6.01. The van der Waals surface area contributed by atoms with Gasteiger partial charge in [-0.2, -0.15) is 0 Å². The Morgan fingerprint density at radius 2 is 1.68 bits per heavy atom. The van der Waals surface area contributed by atoms with Crippen LogP contribution >= 0.6 is 11.6 Å². The van der Waals surface area contributed by atoms with Gasteiger partial charge in [0.1, 0.15) is 25.8 Å². The lowest BCUT2D eigenvalue weighted by Gasteiger charge is -2.32. The highest BCUT2D eigenvalue weighted by Crippen LogP contribution is 2.35. The average Bonchev–Trinajstić information content (AvgIpc) is 2.89. The van der Waals surface area contributed by atoms with Gasteiger partial charge in [-0.1, -0.05) is 37.6 Å². The van der Waals surface area contributed by atoms with E-state index in [1.54, 1.807) is 49.4 Å². The lowest BCUT2D eigenvalue weighted by atomic mass is 10.1. The number of benzene rings is 2. The molecule has 1 aliphatic heterocycles. The molecule has 0 fully saturated rings. The molecular formula is C26H34ClN3O6S. The number of sulfonamides is 1. The van der Waals surface area contributed by atoms with Crippen LogP contribution in [0.1, 0.15) is 33.3 Å². The van der Waals surface area contributed by atoms with Crippen molar-refractivity contribution in [3.63, 3.8) is 0 Å². The van der Waals surface area contributed by atoms with E-state index in [1.807, 2.05) is 13.8 Å². The maximum atomic E-state index is 13.7. The zero-order valence-corrected chi connectivity index (χ0v) is 23.1. The Balaban J connectivity index is 1.92. The molecule has 0 radical (unpaired) electrons. The Bertz CT molecular complexity index is 1200. The van der Waals surface area contributed by atoms with Crippen molar-refractivity contribution in [2.24, 2.45) is 5.92 Å². The number of carbonyl (C=O) groups excluding carboxylic acids is 2. The predicted molar refractivity (Wildman–Crippen MR) is 144 cm³/mol. The summed E-state index contributed by atoms with van der Waals surface area (Å²) in [6.45, 7) is 7.92. The topological polar surface area (TPSA) is 105 Å². The molecule has 0 unspecified atom stereocenters. The van der Waals surface area contributed by atoms with E-state index in [4.69, 9.17) is 21.1 Å². The molecule has 2 aromatic carbocycles. The third-order valence-corrected chi connectivity index (χ3v) is 7.90. The Labute approximate surface area is 223 Å². The number of amides is 2. The Morgan fingerprint density at radius 1 is 1.03 bits per heavy atom. The van der Waals surface area contributed by atoms with Crippen LogP contribution in [0.4, 0.5) is 5.69 Å². The maximum Gasteiger partial charge on any atom is 0.244 e. The first-order valence-electron chi connectivity index (χ1n) is 12.2. The van der Waals surface area contributed by atoms with E-state index in [0.717, 1.165) is 9.87 Å². The summed E-state index contributed by atoms with van der Waals surface area (Å²) in [6, 6.07) is 10.9. The molecule has 0 spiro atoms. The molecule has 0 bridgehead atoms. The Morgan fingerprint density at radius 3 is 2.30 bits per heavy atom. The molecule has 0 aromatic heterocycles. The molecule has 1 N–H and O–H groups in total. The average molecular weight is 552 g/mol. The minimum atomic E-state index is -3.84. The standard InChI is InChI=1S/C26H34ClN3O6S/c1-5-37(33,34)30(22-10-11-23-24(14-22)36-13-12-35-23)17-25(31)29(16-20-6-8-21(27)9-7-20)19(4)26(32)28-15-18(2)3/h6-11,14,18-19H,5,12-13,15-17H2,1-4H3,(H,28,32)/t19-/m1/s1. The van der Waals surface area contributed by atoms with Gasteiger partial charge in [0.2, 0.25) is 21.8 Å². The fraction of sp³-hybridized carbons (Fsp3) is 0.462. The number of nitrogens with one attached hydrogen (secondary N) is 1. The highest BCUT2D eigenvalue weighted by atomic mass is 35.5. The predicted octanol–water partition coefficient (Wildman–Crippen LogP) is 3.46. The van der Waals surface area contributed by atoms with Crippen LogP contribution < -0.4 is 19.1 Å². The van der Waals surface area contributed by atoms with Crippen molar-refractivity contribution in [1.82, 2.24) is 10.2 Å². The fourth-order valence-corrected chi connectivity index (χ4v) is 4.91. The van der Waals surface area contributed by atoms with Crippen LogP contribution in [0.5, 0.6) is 11.5 Å². The number of hydrogen-bond donors (Lipinski definition) is 1. The van der Waals surface area contributed by atoms with E-state index >= 15 is 0 Å². The lowest BCUT2D eigenvalue weighted by Crippen LogP contribution is -2.51. The van der Waals surface area contributed by atoms with Crippen molar-refractivity contribution in [2.75, 3.05) is 36.4 Å². The van der Waals surface area contributed by atoms with Crippen LogP contribution in [-0.2, 0) is 26.2 Å². The molecule has 1 heterocycles. The normalized spacial score (nSPS) is 13.7. The van der Waals surface area contributed by atoms with Crippen molar-refractivity contribution >= 4 is 39.1 Å². The van der Waals surface area contributed by atoms with Crippen LogP contribution in [0.15, 0.2) is 42.5 Å². The maximum absolute atomic E-state index is 13.7. The van der Waals surface area contributed by atoms with Gasteiger partial charge in [0, 0.05) is 24.2 Å². The third-order valence-electron chi connectivity index (χ3n) is 5.91. The number of rotatable bonds is 11. The first-order chi connectivity index (χ1) is 17.5. The fourth-order valence-electron chi connectivity index (χ4n) is 3.73. The summed E-state index contributed by atoms with van der Waals surface area (Å²) in [5, 5.41) is 3.40. The molecule has 0 saturated carbocycles. The molecule has 0 saturated heterocycles. The number of carbonyl (C=O) groups is 2. The third kappa shape index (κ3) is 7.52. The highest BCUT2D eigenvalue weighted by Gasteiger charge is 2.31. The molecule has 2 amide bonds. The van der Waals surface area contributed by atoms with E-state index in [1.165, 1.54) is 11.8 Å². The molecule has 37 heavy (non-hydrogen) atoms. The first kappa shape index (κ1) is 28.6. The highest BCUT2D eigenvalue weighted by molar-refractivity contribution is 7.92. The van der Waals surface area contributed by atoms with Crippen LogP contribution in [0.3, 0.4) is 0 Å². The summed E-state index contributed by atoms with van der Waals surface area (Å²) in [7, 11) is -3.84. The molecule has 202 valence electrons. The van der Waals surface area contributed by atoms with Crippen molar-refractivity contribution in [3.05, 3.63) is 53.1 Å². The van der Waals surface area contributed by atoms with Gasteiger partial charge in [0.15, 0.2) is 11.5 Å². The van der Waals surface area contributed by atoms with Crippen LogP contribution in [0.2, 0.25) is 5.02 Å². The SMILES string of the molecule is CCS(=O)(=O)N(CC(=O)N(Cc1ccc(Cl)cc1)[C@H](C)C(=O)NCC(C)C)c1ccc2c(c1)OCCO2. The zero-order chi connectivity index (χ0) is 27.2. The second-order valence-corrected chi connectivity index (χ2v) is 11.8. The van der Waals surface area contributed by atoms with Crippen LogP contribution in [0, 0.1) is 5.92 Å². The van der Waals surface area contributed by atoms with E-state index in [0.29, 0.717) is 36.3 Å². The lowest BCUT2D eigenvalue weighted by molar-refractivity contribution is -0.139. The number of hydrogen-bond acceptors (Lipinski definition) is 6. The van der Waals surface area contributed by atoms with Gasteiger partial charge in [0.25, 0.3) is 0 Å². The number of ether oxygens (including phenoxy) is 2. The number of nitrogens with zero attached hydrogens (tertiary/aromatic N) is 2. The van der Waals surface area contributed by atoms with Crippen LogP contribution in [-0.4, -0.2) is 63.2 Å². The van der Waals surface area contributed by atoms with Gasteiger partial charge in [-0.25, -0.2) is 8.42 Å². The van der Waals surface area contributed by atoms with E-state index in [9.17, 15) is 18.0 Å². The summed E-state index contributed by atoms with van der Waals surface area (Å²) in [5.74, 6) is 0.101. The number of fused-ring (bicyclic) bond motifs is 1. The minimum absolute atomic E-state index is 0.105. The summed E-state index contributed by atoms with van der Waals surface area (Å²) in [4.78, 5) is 28.0. The molecular weight excluding hydrogens is 518 g/mol. The van der Waals surface area contributed by atoms with Gasteiger partial charge in [-0.15, -0.1) is 0 Å². The first-order valence-corrected chi connectivity index (χ1v) is 14.2. The second kappa shape index (κ2) is 12.5. The molecule has 2 aromatic rings. The Hall–Kier alpha value is -2.98. The summed E-state index contributed by atoms with van der Waals surface area (Å²) in [6.07, 6.45) is 0. The Kier molecular flexibility index (Phi) is 9.67. The van der Waals surface area contributed by atoms with E-state index in [2.05, 4.69) is 5.32 Å². The molecule has 11 heteroatoms. The van der Waals surface area contributed by atoms with Crippen molar-refractivity contribution in [1.29, 1.82) is 0 Å². The summed E-state index contributed by atoms with van der Waals surface area (Å²) in [5.41, 5.74) is 1.04. The number of halogens is 1. The number of anilines is 1. The quantitative estimate of drug-likeness (QED) is 0.458. The molecule has 9 nitrogen and oxygen atoms in total. The van der Waals surface area contributed by atoms with E-state index < -0.39 is 28.5 Å². The zero-order valence-electron chi connectivity index (χ0n) is 21.6. The smallest absolute Gasteiger partial charge is 0.244 e. The molecule has 1 aliphatic rings. The minimum Gasteiger partial charge on any atom is -0.486 e. The van der Waals surface area contributed by atoms with Gasteiger partial charge in [-0.05, 0) is 49.6 Å². The molecule has 1 atom stereocenters. The van der Waals surface area contributed by atoms with Gasteiger partial charge in [0.05, 0.1) is 11.4 Å². The van der Waals surface area contributed by atoms with Gasteiger partial charge >= 0.3 is 0 Å². The molecule has 3 rings (SSSR count).